The Hall–Kier alpha value is -2.57. The Kier molecular flexibility index (Phi) is 6.32. The molecule has 4 heterocycles. The molecule has 2 fully saturated rings. The summed E-state index contributed by atoms with van der Waals surface area (Å²) in [4.78, 5) is 23.0. The minimum absolute atomic E-state index is 0.140. The summed E-state index contributed by atoms with van der Waals surface area (Å²) in [5.74, 6) is 1.04. The summed E-state index contributed by atoms with van der Waals surface area (Å²) in [6, 6.07) is 14.8. The number of benzene rings is 1. The summed E-state index contributed by atoms with van der Waals surface area (Å²) in [6.07, 6.45) is 5.09. The van der Waals surface area contributed by atoms with Gasteiger partial charge >= 0.3 is 0 Å². The zero-order valence-electron chi connectivity index (χ0n) is 18.1. The molecule has 1 atom stereocenters. The van der Waals surface area contributed by atoms with Gasteiger partial charge in [0.25, 0.3) is 5.91 Å². The number of aromatic nitrogens is 1. The first kappa shape index (κ1) is 21.3. The van der Waals surface area contributed by atoms with Crippen molar-refractivity contribution in [2.75, 3.05) is 32.7 Å². The van der Waals surface area contributed by atoms with Gasteiger partial charge < -0.3 is 9.80 Å². The SMILES string of the molecule is O=C(c1csc(-c2ccccn2)c1)N1CC[C@H](CN2CCC(c3ccc(F)cc3)CC2)C1. The van der Waals surface area contributed by atoms with E-state index in [0.717, 1.165) is 68.1 Å². The zero-order valence-corrected chi connectivity index (χ0v) is 18.9. The van der Waals surface area contributed by atoms with E-state index in [1.807, 2.05) is 46.7 Å². The Morgan fingerprint density at radius 1 is 1.06 bits per heavy atom. The van der Waals surface area contributed by atoms with Gasteiger partial charge in [0.15, 0.2) is 0 Å². The second-order valence-electron chi connectivity index (χ2n) is 8.95. The lowest BCUT2D eigenvalue weighted by atomic mass is 9.89. The number of amides is 1. The van der Waals surface area contributed by atoms with Crippen molar-refractivity contribution in [2.45, 2.75) is 25.2 Å². The summed E-state index contributed by atoms with van der Waals surface area (Å²) >= 11 is 1.58. The van der Waals surface area contributed by atoms with Crippen molar-refractivity contribution < 1.29 is 9.18 Å². The minimum atomic E-state index is -0.165. The molecule has 6 heteroatoms. The summed E-state index contributed by atoms with van der Waals surface area (Å²) in [5.41, 5.74) is 2.95. The molecule has 0 aliphatic carbocycles. The quantitative estimate of drug-likeness (QED) is 0.531. The fourth-order valence-corrected chi connectivity index (χ4v) is 5.85. The molecule has 5 rings (SSSR count). The molecular weight excluding hydrogens is 421 g/mol. The summed E-state index contributed by atoms with van der Waals surface area (Å²) in [6.45, 7) is 4.88. The molecule has 4 nitrogen and oxygen atoms in total. The van der Waals surface area contributed by atoms with Crippen LogP contribution >= 0.6 is 11.3 Å². The highest BCUT2D eigenvalue weighted by Gasteiger charge is 2.30. The molecule has 1 aromatic carbocycles. The number of piperidine rings is 1. The van der Waals surface area contributed by atoms with E-state index in [1.165, 1.54) is 5.56 Å². The van der Waals surface area contributed by atoms with Crippen LogP contribution in [0.2, 0.25) is 0 Å². The molecule has 3 aromatic rings. The third kappa shape index (κ3) is 4.76. The number of hydrogen-bond donors (Lipinski definition) is 0. The third-order valence-electron chi connectivity index (χ3n) is 6.78. The molecule has 166 valence electrons. The van der Waals surface area contributed by atoms with E-state index in [9.17, 15) is 9.18 Å². The number of nitrogens with zero attached hydrogens (tertiary/aromatic N) is 3. The van der Waals surface area contributed by atoms with Crippen molar-refractivity contribution in [2.24, 2.45) is 5.92 Å². The molecule has 0 radical (unpaired) electrons. The maximum atomic E-state index is 13.2. The first-order valence-electron chi connectivity index (χ1n) is 11.4. The van der Waals surface area contributed by atoms with Crippen LogP contribution in [0.15, 0.2) is 60.1 Å². The van der Waals surface area contributed by atoms with Gasteiger partial charge in [0.1, 0.15) is 5.82 Å². The largest absolute Gasteiger partial charge is 0.338 e. The van der Waals surface area contributed by atoms with Gasteiger partial charge in [-0.3, -0.25) is 9.78 Å². The van der Waals surface area contributed by atoms with E-state index in [-0.39, 0.29) is 11.7 Å². The van der Waals surface area contributed by atoms with Crippen molar-refractivity contribution in [1.29, 1.82) is 0 Å². The molecule has 0 saturated carbocycles. The van der Waals surface area contributed by atoms with E-state index >= 15 is 0 Å². The highest BCUT2D eigenvalue weighted by molar-refractivity contribution is 7.13. The molecule has 2 saturated heterocycles. The monoisotopic (exact) mass is 449 g/mol. The number of thiophene rings is 1. The molecule has 2 aliphatic heterocycles. The molecule has 0 spiro atoms. The molecule has 0 N–H and O–H groups in total. The number of halogens is 1. The first-order valence-corrected chi connectivity index (χ1v) is 12.3. The van der Waals surface area contributed by atoms with Crippen LogP contribution in [0.5, 0.6) is 0 Å². The smallest absolute Gasteiger partial charge is 0.254 e. The first-order chi connectivity index (χ1) is 15.7. The number of pyridine rings is 1. The molecular formula is C26H28FN3OS. The van der Waals surface area contributed by atoms with Crippen LogP contribution in [0.1, 0.15) is 41.1 Å². The van der Waals surface area contributed by atoms with Crippen LogP contribution in [0.3, 0.4) is 0 Å². The van der Waals surface area contributed by atoms with Gasteiger partial charge in [0.05, 0.1) is 16.1 Å². The lowest BCUT2D eigenvalue weighted by molar-refractivity contribution is 0.0782. The van der Waals surface area contributed by atoms with Gasteiger partial charge in [-0.15, -0.1) is 11.3 Å². The standard InChI is InChI=1S/C26H28FN3OS/c27-23-6-4-20(5-7-23)21-9-12-29(13-10-21)16-19-8-14-30(17-19)26(31)22-15-25(32-18-22)24-3-1-2-11-28-24/h1-7,11,15,18-19,21H,8-10,12-14,16-17H2/t19-/m1/s1. The average Bonchev–Trinajstić information content (AvgIpc) is 3.51. The predicted octanol–water partition coefficient (Wildman–Crippen LogP) is 5.29. The van der Waals surface area contributed by atoms with E-state index in [4.69, 9.17) is 0 Å². The molecule has 2 aromatic heterocycles. The molecule has 32 heavy (non-hydrogen) atoms. The topological polar surface area (TPSA) is 36.4 Å². The van der Waals surface area contributed by atoms with Crippen LogP contribution in [0.4, 0.5) is 4.39 Å². The van der Waals surface area contributed by atoms with Crippen molar-refractivity contribution in [3.05, 3.63) is 77.1 Å². The predicted molar refractivity (Wildman–Crippen MR) is 126 cm³/mol. The second-order valence-corrected chi connectivity index (χ2v) is 9.86. The van der Waals surface area contributed by atoms with Crippen LogP contribution in [0, 0.1) is 11.7 Å². The third-order valence-corrected chi connectivity index (χ3v) is 7.73. The Labute approximate surface area is 192 Å². The Balaban J connectivity index is 1.12. The maximum absolute atomic E-state index is 13.2. The number of likely N-dealkylation sites (tertiary alicyclic amines) is 2. The van der Waals surface area contributed by atoms with Crippen molar-refractivity contribution in [3.8, 4) is 10.6 Å². The summed E-state index contributed by atoms with van der Waals surface area (Å²) in [7, 11) is 0. The summed E-state index contributed by atoms with van der Waals surface area (Å²) < 4.78 is 13.2. The zero-order chi connectivity index (χ0) is 21.9. The van der Waals surface area contributed by atoms with Crippen molar-refractivity contribution in [1.82, 2.24) is 14.8 Å². The van der Waals surface area contributed by atoms with Gasteiger partial charge in [-0.25, -0.2) is 4.39 Å². The Bertz CT molecular complexity index is 1040. The van der Waals surface area contributed by atoms with Crippen LogP contribution in [-0.2, 0) is 0 Å². The van der Waals surface area contributed by atoms with E-state index in [1.54, 1.807) is 29.7 Å². The van der Waals surface area contributed by atoms with Gasteiger partial charge in [-0.2, -0.15) is 0 Å². The van der Waals surface area contributed by atoms with Gasteiger partial charge in [-0.1, -0.05) is 18.2 Å². The lowest BCUT2D eigenvalue weighted by Gasteiger charge is -2.33. The molecule has 2 aliphatic rings. The van der Waals surface area contributed by atoms with Gasteiger partial charge in [0, 0.05) is 31.2 Å². The Morgan fingerprint density at radius 2 is 1.88 bits per heavy atom. The Morgan fingerprint density at radius 3 is 2.62 bits per heavy atom. The number of rotatable bonds is 5. The average molecular weight is 450 g/mol. The fourth-order valence-electron chi connectivity index (χ4n) is 4.99. The highest BCUT2D eigenvalue weighted by atomic mass is 32.1. The minimum Gasteiger partial charge on any atom is -0.338 e. The number of carbonyl (C=O) groups is 1. The lowest BCUT2D eigenvalue weighted by Crippen LogP contribution is -2.37. The van der Waals surface area contributed by atoms with Gasteiger partial charge in [0.2, 0.25) is 0 Å². The van der Waals surface area contributed by atoms with Crippen LogP contribution in [0.25, 0.3) is 10.6 Å². The van der Waals surface area contributed by atoms with E-state index in [0.29, 0.717) is 11.8 Å². The number of hydrogen-bond acceptors (Lipinski definition) is 4. The molecule has 1 amide bonds. The van der Waals surface area contributed by atoms with E-state index in [2.05, 4.69) is 9.88 Å². The van der Waals surface area contributed by atoms with Crippen LogP contribution in [-0.4, -0.2) is 53.4 Å². The summed E-state index contributed by atoms with van der Waals surface area (Å²) in [5, 5.41) is 1.96. The normalized spacial score (nSPS) is 20.0. The second kappa shape index (κ2) is 9.51. The molecule has 0 unspecified atom stereocenters. The highest BCUT2D eigenvalue weighted by Crippen LogP contribution is 2.30. The van der Waals surface area contributed by atoms with E-state index < -0.39 is 0 Å². The van der Waals surface area contributed by atoms with Crippen molar-refractivity contribution in [3.63, 3.8) is 0 Å². The maximum Gasteiger partial charge on any atom is 0.254 e. The fraction of sp³-hybridized carbons (Fsp3) is 0.385. The molecule has 0 bridgehead atoms. The van der Waals surface area contributed by atoms with Gasteiger partial charge in [-0.05, 0) is 80.1 Å². The van der Waals surface area contributed by atoms with Crippen LogP contribution < -0.4 is 0 Å². The van der Waals surface area contributed by atoms with Crippen molar-refractivity contribution >= 4 is 17.2 Å². The number of carbonyl (C=O) groups excluding carboxylic acids is 1.